The van der Waals surface area contributed by atoms with Crippen LogP contribution in [0.3, 0.4) is 0 Å². The Morgan fingerprint density at radius 3 is 2.24 bits per heavy atom. The largest absolute Gasteiger partial charge is 0.390 e. The van der Waals surface area contributed by atoms with Crippen molar-refractivity contribution in [1.29, 1.82) is 0 Å². The molecular weight excluding hydrogens is 320 g/mol. The lowest BCUT2D eigenvalue weighted by Crippen LogP contribution is -2.47. The van der Waals surface area contributed by atoms with Gasteiger partial charge in [0.05, 0.1) is 24.8 Å². The lowest BCUT2D eigenvalue weighted by molar-refractivity contribution is 0.0489. The second kappa shape index (κ2) is 6.64. The molecule has 1 aliphatic heterocycles. The average molecular weight is 341 g/mol. The number of imide groups is 1. The molecule has 2 heterocycles. The lowest BCUT2D eigenvalue weighted by atomic mass is 10.0. The SMILES string of the molecule is [2H][C@@H](O)c1cccn1C(=O)[C@H](CC(C)C)N1C(=O)c2ccccc2C1=O. The van der Waals surface area contributed by atoms with Gasteiger partial charge in [-0.15, -0.1) is 0 Å². The number of aliphatic hydroxyl groups excluding tert-OH is 1. The van der Waals surface area contributed by atoms with Gasteiger partial charge in [-0.05, 0) is 36.6 Å². The van der Waals surface area contributed by atoms with Gasteiger partial charge in [0.15, 0.2) is 0 Å². The summed E-state index contributed by atoms with van der Waals surface area (Å²) in [4.78, 5) is 39.7. The number of rotatable bonds is 5. The molecule has 1 aromatic carbocycles. The molecule has 3 rings (SSSR count). The van der Waals surface area contributed by atoms with Crippen LogP contribution in [-0.4, -0.2) is 38.3 Å². The van der Waals surface area contributed by atoms with E-state index in [-0.39, 0.29) is 29.2 Å². The van der Waals surface area contributed by atoms with E-state index in [1.807, 2.05) is 13.8 Å². The Hall–Kier alpha value is -2.73. The Labute approximate surface area is 147 Å². The molecule has 0 bridgehead atoms. The summed E-state index contributed by atoms with van der Waals surface area (Å²) in [5, 5.41) is 9.56. The Balaban J connectivity index is 2.02. The number of hydrogen-bond donors (Lipinski definition) is 1. The molecule has 1 N–H and O–H groups in total. The lowest BCUT2D eigenvalue weighted by Gasteiger charge is -2.27. The van der Waals surface area contributed by atoms with Gasteiger partial charge in [-0.1, -0.05) is 26.0 Å². The number of aromatic nitrogens is 1. The standard InChI is InChI=1S/C19H20N2O4/c1-12(2)10-16(19(25)20-9-5-6-13(20)11-22)21-17(23)14-7-3-4-8-15(14)18(21)24/h3-9,12,16,22H,10-11H2,1-2H3/t16-/m0/s1/i11D/t11-,16+/m1. The number of aliphatic hydroxyl groups is 1. The maximum absolute atomic E-state index is 13.1. The molecule has 0 spiro atoms. The molecule has 6 heteroatoms. The van der Waals surface area contributed by atoms with E-state index in [0.717, 1.165) is 9.47 Å². The first-order valence-electron chi connectivity index (χ1n) is 8.69. The molecule has 0 unspecified atom stereocenters. The Kier molecular flexibility index (Phi) is 4.19. The van der Waals surface area contributed by atoms with Crippen LogP contribution in [0.15, 0.2) is 42.6 Å². The van der Waals surface area contributed by atoms with Crippen molar-refractivity contribution in [2.45, 2.75) is 32.9 Å². The number of fused-ring (bicyclic) bond motifs is 1. The summed E-state index contributed by atoms with van der Waals surface area (Å²) < 4.78 is 8.63. The molecule has 6 nitrogen and oxygen atoms in total. The highest BCUT2D eigenvalue weighted by Gasteiger charge is 2.43. The highest BCUT2D eigenvalue weighted by molar-refractivity contribution is 6.22. The molecule has 1 aliphatic rings. The van der Waals surface area contributed by atoms with Gasteiger partial charge in [-0.25, -0.2) is 0 Å². The summed E-state index contributed by atoms with van der Waals surface area (Å²) in [7, 11) is 0. The van der Waals surface area contributed by atoms with Crippen LogP contribution in [0.2, 0.25) is 0 Å². The number of benzene rings is 1. The van der Waals surface area contributed by atoms with Crippen LogP contribution in [0.25, 0.3) is 0 Å². The molecule has 25 heavy (non-hydrogen) atoms. The zero-order chi connectivity index (χ0) is 19.0. The molecule has 0 saturated heterocycles. The highest BCUT2D eigenvalue weighted by atomic mass is 16.3. The van der Waals surface area contributed by atoms with Crippen molar-refractivity contribution >= 4 is 17.7 Å². The van der Waals surface area contributed by atoms with Crippen LogP contribution < -0.4 is 0 Å². The molecule has 2 atom stereocenters. The summed E-state index contributed by atoms with van der Waals surface area (Å²) in [5.74, 6) is -1.46. The fraction of sp³-hybridized carbons (Fsp3) is 0.316. The van der Waals surface area contributed by atoms with Crippen molar-refractivity contribution in [2.24, 2.45) is 5.92 Å². The van der Waals surface area contributed by atoms with Gasteiger partial charge in [-0.2, -0.15) is 0 Å². The molecule has 1 aromatic heterocycles. The van der Waals surface area contributed by atoms with Crippen LogP contribution in [0, 0.1) is 5.92 Å². The molecule has 2 amide bonds. The number of hydrogen-bond acceptors (Lipinski definition) is 4. The van der Waals surface area contributed by atoms with Crippen LogP contribution in [0.1, 0.15) is 52.8 Å². The maximum atomic E-state index is 13.1. The molecule has 0 fully saturated rings. The van der Waals surface area contributed by atoms with E-state index in [9.17, 15) is 19.5 Å². The van der Waals surface area contributed by atoms with Gasteiger partial charge >= 0.3 is 0 Å². The third-order valence-corrected chi connectivity index (χ3v) is 4.27. The normalized spacial score (nSPS) is 16.8. The minimum absolute atomic E-state index is 0.0493. The first-order valence-corrected chi connectivity index (χ1v) is 8.11. The fourth-order valence-corrected chi connectivity index (χ4v) is 3.11. The molecule has 2 aromatic rings. The topological polar surface area (TPSA) is 79.6 Å². The van der Waals surface area contributed by atoms with Crippen molar-refractivity contribution in [1.82, 2.24) is 9.47 Å². The van der Waals surface area contributed by atoms with Gasteiger partial charge in [0.25, 0.3) is 17.7 Å². The Morgan fingerprint density at radius 2 is 1.72 bits per heavy atom. The van der Waals surface area contributed by atoms with Crippen LogP contribution in [-0.2, 0) is 6.58 Å². The van der Waals surface area contributed by atoms with E-state index < -0.39 is 30.3 Å². The van der Waals surface area contributed by atoms with Gasteiger partial charge < -0.3 is 5.11 Å². The van der Waals surface area contributed by atoms with Crippen molar-refractivity contribution < 1.29 is 20.9 Å². The number of carbonyl (C=O) groups is 3. The van der Waals surface area contributed by atoms with Crippen LogP contribution >= 0.6 is 0 Å². The van der Waals surface area contributed by atoms with Crippen molar-refractivity contribution in [3.05, 3.63) is 59.4 Å². The molecule has 0 aliphatic carbocycles. The van der Waals surface area contributed by atoms with Crippen molar-refractivity contribution in [3.63, 3.8) is 0 Å². The number of amides is 2. The molecule has 0 saturated carbocycles. The number of nitrogens with zero attached hydrogens (tertiary/aromatic N) is 2. The fourth-order valence-electron chi connectivity index (χ4n) is 3.11. The zero-order valence-corrected chi connectivity index (χ0v) is 14.0. The Morgan fingerprint density at radius 1 is 1.12 bits per heavy atom. The average Bonchev–Trinajstić information content (AvgIpc) is 3.17. The Bertz CT molecular complexity index is 837. The highest BCUT2D eigenvalue weighted by Crippen LogP contribution is 2.28. The summed E-state index contributed by atoms with van der Waals surface area (Å²) in [6.07, 6.45) is 1.72. The molecular formula is C19H20N2O4. The number of carbonyl (C=O) groups excluding carboxylic acids is 3. The van der Waals surface area contributed by atoms with Gasteiger partial charge in [0.1, 0.15) is 6.04 Å². The smallest absolute Gasteiger partial charge is 0.262 e. The first-order chi connectivity index (χ1) is 12.3. The first kappa shape index (κ1) is 15.8. The van der Waals surface area contributed by atoms with E-state index in [1.54, 1.807) is 30.3 Å². The monoisotopic (exact) mass is 341 g/mol. The van der Waals surface area contributed by atoms with E-state index in [2.05, 4.69) is 0 Å². The minimum atomic E-state index is -1.59. The van der Waals surface area contributed by atoms with Gasteiger partial charge in [-0.3, -0.25) is 23.9 Å². The zero-order valence-electron chi connectivity index (χ0n) is 15.0. The van der Waals surface area contributed by atoms with Gasteiger partial charge in [0.2, 0.25) is 0 Å². The van der Waals surface area contributed by atoms with E-state index in [1.165, 1.54) is 12.3 Å². The quantitative estimate of drug-likeness (QED) is 0.847. The van der Waals surface area contributed by atoms with Crippen LogP contribution in [0.5, 0.6) is 0 Å². The van der Waals surface area contributed by atoms with E-state index in [4.69, 9.17) is 1.37 Å². The van der Waals surface area contributed by atoms with E-state index in [0.29, 0.717) is 0 Å². The predicted octanol–water partition coefficient (Wildman–Crippen LogP) is 2.33. The predicted molar refractivity (Wildman–Crippen MR) is 91.2 cm³/mol. The summed E-state index contributed by atoms with van der Waals surface area (Å²) in [6.45, 7) is 2.21. The van der Waals surface area contributed by atoms with Crippen LogP contribution in [0.4, 0.5) is 0 Å². The summed E-state index contributed by atoms with van der Waals surface area (Å²) in [5.41, 5.74) is 0.667. The second-order valence-corrected chi connectivity index (χ2v) is 6.44. The third-order valence-electron chi connectivity index (χ3n) is 4.27. The molecule has 0 radical (unpaired) electrons. The molecule has 130 valence electrons. The maximum Gasteiger partial charge on any atom is 0.262 e. The summed E-state index contributed by atoms with van der Waals surface area (Å²) in [6, 6.07) is 8.49. The minimum Gasteiger partial charge on any atom is -0.390 e. The van der Waals surface area contributed by atoms with Crippen molar-refractivity contribution in [2.75, 3.05) is 0 Å². The second-order valence-electron chi connectivity index (χ2n) is 6.44. The van der Waals surface area contributed by atoms with E-state index >= 15 is 0 Å². The summed E-state index contributed by atoms with van der Waals surface area (Å²) >= 11 is 0. The van der Waals surface area contributed by atoms with Gasteiger partial charge in [0, 0.05) is 6.20 Å². The third kappa shape index (κ3) is 2.89. The van der Waals surface area contributed by atoms with Crippen molar-refractivity contribution in [3.8, 4) is 0 Å².